The quantitative estimate of drug-likeness (QED) is 0.0830. The SMILES string of the molecule is CCCCCCCOC(CCCCCCCCC/C=C\CCO)OCCCCCCC. The molecule has 0 aliphatic carbocycles. The topological polar surface area (TPSA) is 38.7 Å². The molecule has 3 nitrogen and oxygen atoms in total. The zero-order valence-corrected chi connectivity index (χ0v) is 21.3. The maximum atomic E-state index is 8.74. The second-order valence-corrected chi connectivity index (χ2v) is 9.04. The molecule has 0 rings (SSSR count). The largest absolute Gasteiger partial charge is 0.396 e. The summed E-state index contributed by atoms with van der Waals surface area (Å²) in [6.45, 7) is 6.51. The van der Waals surface area contributed by atoms with Crippen molar-refractivity contribution >= 4 is 0 Å². The first-order valence-corrected chi connectivity index (χ1v) is 13.8. The van der Waals surface area contributed by atoms with Crippen molar-refractivity contribution in [2.24, 2.45) is 0 Å². The van der Waals surface area contributed by atoms with E-state index in [0.29, 0.717) is 0 Å². The van der Waals surface area contributed by atoms with Crippen molar-refractivity contribution in [3.05, 3.63) is 12.2 Å². The number of aliphatic hydroxyl groups is 1. The van der Waals surface area contributed by atoms with Gasteiger partial charge in [-0.05, 0) is 44.9 Å². The van der Waals surface area contributed by atoms with Gasteiger partial charge in [0.1, 0.15) is 0 Å². The lowest BCUT2D eigenvalue weighted by Gasteiger charge is -2.19. The van der Waals surface area contributed by atoms with E-state index in [9.17, 15) is 0 Å². The van der Waals surface area contributed by atoms with Gasteiger partial charge >= 0.3 is 0 Å². The average molecular weight is 441 g/mol. The van der Waals surface area contributed by atoms with E-state index in [2.05, 4.69) is 26.0 Å². The molecule has 0 aliphatic rings. The summed E-state index contributed by atoms with van der Waals surface area (Å²) in [4.78, 5) is 0. The zero-order valence-electron chi connectivity index (χ0n) is 21.3. The molecule has 0 spiro atoms. The van der Waals surface area contributed by atoms with Gasteiger partial charge in [0.15, 0.2) is 6.29 Å². The van der Waals surface area contributed by atoms with Crippen LogP contribution in [0, 0.1) is 0 Å². The van der Waals surface area contributed by atoms with Crippen molar-refractivity contribution in [1.29, 1.82) is 0 Å². The number of rotatable bonds is 26. The first-order valence-electron chi connectivity index (χ1n) is 13.8. The van der Waals surface area contributed by atoms with Gasteiger partial charge in [0, 0.05) is 19.8 Å². The van der Waals surface area contributed by atoms with Crippen molar-refractivity contribution < 1.29 is 14.6 Å². The van der Waals surface area contributed by atoms with Crippen LogP contribution in [-0.4, -0.2) is 31.2 Å². The zero-order chi connectivity index (χ0) is 22.7. The summed E-state index contributed by atoms with van der Waals surface area (Å²) in [5.41, 5.74) is 0. The highest BCUT2D eigenvalue weighted by Crippen LogP contribution is 2.14. The van der Waals surface area contributed by atoms with Gasteiger partial charge in [0.25, 0.3) is 0 Å². The normalized spacial score (nSPS) is 11.9. The van der Waals surface area contributed by atoms with Crippen LogP contribution in [0.3, 0.4) is 0 Å². The summed E-state index contributed by atoms with van der Waals surface area (Å²) in [7, 11) is 0. The summed E-state index contributed by atoms with van der Waals surface area (Å²) in [6, 6.07) is 0. The minimum absolute atomic E-state index is 0.0167. The Hall–Kier alpha value is -0.380. The van der Waals surface area contributed by atoms with Gasteiger partial charge in [0.2, 0.25) is 0 Å². The molecule has 1 N–H and O–H groups in total. The highest BCUT2D eigenvalue weighted by Gasteiger charge is 2.09. The maximum Gasteiger partial charge on any atom is 0.157 e. The predicted molar refractivity (Wildman–Crippen MR) is 136 cm³/mol. The van der Waals surface area contributed by atoms with Crippen LogP contribution in [-0.2, 0) is 9.47 Å². The number of hydrogen-bond donors (Lipinski definition) is 1. The van der Waals surface area contributed by atoms with E-state index in [-0.39, 0.29) is 12.9 Å². The summed E-state index contributed by atoms with van der Waals surface area (Å²) >= 11 is 0. The molecule has 0 amide bonds. The molecular weight excluding hydrogens is 384 g/mol. The third-order valence-electron chi connectivity index (χ3n) is 5.88. The molecule has 0 aromatic carbocycles. The lowest BCUT2D eigenvalue weighted by molar-refractivity contribution is -0.148. The van der Waals surface area contributed by atoms with Gasteiger partial charge in [0.05, 0.1) is 0 Å². The van der Waals surface area contributed by atoms with Crippen molar-refractivity contribution in [2.75, 3.05) is 19.8 Å². The van der Waals surface area contributed by atoms with E-state index in [1.54, 1.807) is 0 Å². The van der Waals surface area contributed by atoms with Gasteiger partial charge in [-0.15, -0.1) is 0 Å². The molecule has 31 heavy (non-hydrogen) atoms. The molecule has 0 aromatic heterocycles. The van der Waals surface area contributed by atoms with Crippen molar-refractivity contribution in [3.8, 4) is 0 Å². The Morgan fingerprint density at radius 2 is 1.00 bits per heavy atom. The predicted octanol–water partition coefficient (Wildman–Crippen LogP) is 8.74. The summed E-state index contributed by atoms with van der Waals surface area (Å²) in [6.07, 6.45) is 29.4. The fourth-order valence-electron chi connectivity index (χ4n) is 3.82. The number of hydrogen-bond acceptors (Lipinski definition) is 3. The molecule has 0 bridgehead atoms. The number of ether oxygens (including phenoxy) is 2. The van der Waals surface area contributed by atoms with Gasteiger partial charge in [-0.25, -0.2) is 0 Å². The van der Waals surface area contributed by atoms with Crippen LogP contribution >= 0.6 is 0 Å². The summed E-state index contributed by atoms with van der Waals surface area (Å²) in [5, 5.41) is 8.74. The Labute approximate surface area is 195 Å². The minimum atomic E-state index is 0.0167. The third kappa shape index (κ3) is 25.8. The average Bonchev–Trinajstić information content (AvgIpc) is 2.78. The fraction of sp³-hybridized carbons (Fsp3) is 0.929. The Bertz CT molecular complexity index is 327. The van der Waals surface area contributed by atoms with Crippen LogP contribution < -0.4 is 0 Å². The third-order valence-corrected chi connectivity index (χ3v) is 5.88. The van der Waals surface area contributed by atoms with Crippen LogP contribution in [0.4, 0.5) is 0 Å². The van der Waals surface area contributed by atoms with E-state index in [1.807, 2.05) is 0 Å². The molecule has 0 fully saturated rings. The second-order valence-electron chi connectivity index (χ2n) is 9.04. The molecule has 0 aromatic rings. The Morgan fingerprint density at radius 1 is 0.548 bits per heavy atom. The van der Waals surface area contributed by atoms with Crippen LogP contribution in [0.5, 0.6) is 0 Å². The van der Waals surface area contributed by atoms with Gasteiger partial charge in [-0.3, -0.25) is 0 Å². The van der Waals surface area contributed by atoms with E-state index >= 15 is 0 Å². The van der Waals surface area contributed by atoms with Crippen molar-refractivity contribution in [3.63, 3.8) is 0 Å². The highest BCUT2D eigenvalue weighted by atomic mass is 16.7. The smallest absolute Gasteiger partial charge is 0.157 e. The molecule has 0 aliphatic heterocycles. The van der Waals surface area contributed by atoms with E-state index in [4.69, 9.17) is 14.6 Å². The molecular formula is C28H56O3. The second kappa shape index (κ2) is 27.7. The minimum Gasteiger partial charge on any atom is -0.396 e. The molecule has 0 saturated carbocycles. The lowest BCUT2D eigenvalue weighted by Crippen LogP contribution is -2.19. The summed E-state index contributed by atoms with van der Waals surface area (Å²) < 4.78 is 12.2. The van der Waals surface area contributed by atoms with E-state index in [0.717, 1.165) is 32.5 Å². The van der Waals surface area contributed by atoms with Crippen LogP contribution in [0.25, 0.3) is 0 Å². The molecule has 0 atom stereocenters. The highest BCUT2D eigenvalue weighted by molar-refractivity contribution is 4.80. The monoisotopic (exact) mass is 440 g/mol. The molecule has 0 radical (unpaired) electrons. The molecule has 3 heteroatoms. The molecule has 0 unspecified atom stereocenters. The number of aliphatic hydroxyl groups excluding tert-OH is 1. The Balaban J connectivity index is 3.75. The van der Waals surface area contributed by atoms with E-state index in [1.165, 1.54) is 109 Å². The van der Waals surface area contributed by atoms with Crippen LogP contribution in [0.1, 0.15) is 142 Å². The van der Waals surface area contributed by atoms with Gasteiger partial charge in [-0.1, -0.05) is 109 Å². The maximum absolute atomic E-state index is 8.74. The standard InChI is InChI=1S/C28H56O3/c1-3-5-7-18-22-26-30-28(31-27-23-19-8-6-4-2)24-20-16-14-12-10-9-11-13-15-17-21-25-29/h15,17,28-29H,3-14,16,18-27H2,1-2H3/b17-15-. The van der Waals surface area contributed by atoms with Crippen LogP contribution in [0.2, 0.25) is 0 Å². The van der Waals surface area contributed by atoms with Gasteiger partial charge < -0.3 is 14.6 Å². The number of unbranched alkanes of at least 4 members (excludes halogenated alkanes) is 15. The first-order chi connectivity index (χ1) is 15.3. The van der Waals surface area contributed by atoms with E-state index < -0.39 is 0 Å². The van der Waals surface area contributed by atoms with Gasteiger partial charge in [-0.2, -0.15) is 0 Å². The molecule has 0 heterocycles. The molecule has 186 valence electrons. The first kappa shape index (κ1) is 30.6. The molecule has 0 saturated heterocycles. The number of allylic oxidation sites excluding steroid dienone is 1. The fourth-order valence-corrected chi connectivity index (χ4v) is 3.82. The Kier molecular flexibility index (Phi) is 27.3. The van der Waals surface area contributed by atoms with Crippen LogP contribution in [0.15, 0.2) is 12.2 Å². The summed E-state index contributed by atoms with van der Waals surface area (Å²) in [5.74, 6) is 0. The Morgan fingerprint density at radius 3 is 1.55 bits per heavy atom. The van der Waals surface area contributed by atoms with Crippen molar-refractivity contribution in [2.45, 2.75) is 149 Å². The van der Waals surface area contributed by atoms with Crippen molar-refractivity contribution in [1.82, 2.24) is 0 Å². The lowest BCUT2D eigenvalue weighted by atomic mass is 10.1.